The van der Waals surface area contributed by atoms with Crippen LogP contribution in [0.1, 0.15) is 18.4 Å². The first kappa shape index (κ1) is 11.1. The van der Waals surface area contributed by atoms with E-state index in [1.54, 1.807) is 0 Å². The Kier molecular flexibility index (Phi) is 3.23. The number of nitrogens with two attached hydrogens (primary N) is 1. The van der Waals surface area contributed by atoms with Gasteiger partial charge in [-0.05, 0) is 12.0 Å². The molecule has 0 saturated carbocycles. The van der Waals surface area contributed by atoms with Gasteiger partial charge in [0.25, 0.3) is 0 Å². The molecule has 84 valence electrons. The molecule has 3 heteroatoms. The molecule has 1 fully saturated rings. The van der Waals surface area contributed by atoms with Gasteiger partial charge < -0.3 is 5.73 Å². The number of likely N-dealkylation sites (tertiary alicyclic amines) is 1. The predicted octanol–water partition coefficient (Wildman–Crippen LogP) is 1.50. The lowest BCUT2D eigenvalue weighted by molar-refractivity contribution is 0.304. The minimum absolute atomic E-state index is 0.288. The Morgan fingerprint density at radius 1 is 1.38 bits per heavy atom. The maximum absolute atomic E-state index is 8.72. The summed E-state index contributed by atoms with van der Waals surface area (Å²) in [6, 6.07) is 12.6. The van der Waals surface area contributed by atoms with Gasteiger partial charge in [-0.25, -0.2) is 0 Å². The summed E-state index contributed by atoms with van der Waals surface area (Å²) >= 11 is 0. The summed E-state index contributed by atoms with van der Waals surface area (Å²) in [6.45, 7) is 2.76. The van der Waals surface area contributed by atoms with Crippen molar-refractivity contribution in [3.8, 4) is 6.07 Å². The molecule has 1 atom stereocenters. The van der Waals surface area contributed by atoms with E-state index < -0.39 is 0 Å². The molecule has 0 amide bonds. The molecule has 0 spiro atoms. The van der Waals surface area contributed by atoms with Crippen molar-refractivity contribution in [2.45, 2.75) is 24.9 Å². The van der Waals surface area contributed by atoms with Crippen LogP contribution in [0.2, 0.25) is 0 Å². The minimum atomic E-state index is -0.288. The van der Waals surface area contributed by atoms with Crippen LogP contribution >= 0.6 is 0 Å². The molecule has 2 rings (SSSR count). The lowest BCUT2D eigenvalue weighted by atomic mass is 9.97. The zero-order valence-corrected chi connectivity index (χ0v) is 9.39. The Balaban J connectivity index is 1.93. The number of hydrogen-bond acceptors (Lipinski definition) is 3. The van der Waals surface area contributed by atoms with Gasteiger partial charge in [0.1, 0.15) is 0 Å². The quantitative estimate of drug-likeness (QED) is 0.831. The van der Waals surface area contributed by atoms with E-state index in [2.05, 4.69) is 35.2 Å². The number of nitrogens with zero attached hydrogens (tertiary/aromatic N) is 2. The molecule has 1 heterocycles. The van der Waals surface area contributed by atoms with Crippen molar-refractivity contribution in [2.24, 2.45) is 5.73 Å². The highest BCUT2D eigenvalue weighted by Crippen LogP contribution is 2.23. The fourth-order valence-electron chi connectivity index (χ4n) is 2.26. The summed E-state index contributed by atoms with van der Waals surface area (Å²) < 4.78 is 0. The molecular formula is C13H17N3. The van der Waals surface area contributed by atoms with E-state index >= 15 is 0 Å². The second kappa shape index (κ2) is 4.65. The van der Waals surface area contributed by atoms with Crippen LogP contribution in [0, 0.1) is 11.3 Å². The van der Waals surface area contributed by atoms with E-state index in [0.717, 1.165) is 26.1 Å². The van der Waals surface area contributed by atoms with Crippen molar-refractivity contribution in [2.75, 3.05) is 13.1 Å². The average Bonchev–Trinajstić information content (AvgIpc) is 2.62. The number of nitriles is 1. The van der Waals surface area contributed by atoms with Crippen LogP contribution in [0.3, 0.4) is 0 Å². The summed E-state index contributed by atoms with van der Waals surface area (Å²) in [5.74, 6) is 0. The molecule has 1 aromatic rings. The Morgan fingerprint density at radius 2 is 2.12 bits per heavy atom. The van der Waals surface area contributed by atoms with Gasteiger partial charge >= 0.3 is 0 Å². The van der Waals surface area contributed by atoms with E-state index in [0.29, 0.717) is 6.42 Å². The van der Waals surface area contributed by atoms with Crippen LogP contribution in [-0.2, 0) is 6.54 Å². The largest absolute Gasteiger partial charge is 0.323 e. The van der Waals surface area contributed by atoms with Crippen LogP contribution in [0.25, 0.3) is 0 Å². The number of hydrogen-bond donors (Lipinski definition) is 1. The van der Waals surface area contributed by atoms with Gasteiger partial charge in [0.15, 0.2) is 0 Å². The molecule has 3 nitrogen and oxygen atoms in total. The van der Waals surface area contributed by atoms with E-state index in [-0.39, 0.29) is 5.54 Å². The maximum atomic E-state index is 8.72. The summed E-state index contributed by atoms with van der Waals surface area (Å²) in [5.41, 5.74) is 7.17. The first-order valence-electron chi connectivity index (χ1n) is 5.64. The van der Waals surface area contributed by atoms with Gasteiger partial charge in [-0.3, -0.25) is 4.90 Å². The second-order valence-corrected chi connectivity index (χ2v) is 4.64. The van der Waals surface area contributed by atoms with Gasteiger partial charge in [0.2, 0.25) is 0 Å². The van der Waals surface area contributed by atoms with Crippen molar-refractivity contribution < 1.29 is 0 Å². The Labute approximate surface area is 96.5 Å². The smallest absolute Gasteiger partial charge is 0.0641 e. The number of benzene rings is 1. The molecule has 1 aromatic carbocycles. The molecule has 1 unspecified atom stereocenters. The summed E-state index contributed by atoms with van der Waals surface area (Å²) in [5, 5.41) is 8.72. The fraction of sp³-hybridized carbons (Fsp3) is 0.462. The van der Waals surface area contributed by atoms with Crippen molar-refractivity contribution in [1.29, 1.82) is 5.26 Å². The Hall–Kier alpha value is -1.37. The van der Waals surface area contributed by atoms with Crippen molar-refractivity contribution in [3.05, 3.63) is 35.9 Å². The molecule has 0 aromatic heterocycles. The summed E-state index contributed by atoms with van der Waals surface area (Å²) in [4.78, 5) is 2.33. The Morgan fingerprint density at radius 3 is 2.81 bits per heavy atom. The van der Waals surface area contributed by atoms with E-state index in [1.165, 1.54) is 5.56 Å². The molecule has 1 saturated heterocycles. The van der Waals surface area contributed by atoms with Gasteiger partial charge in [-0.1, -0.05) is 30.3 Å². The Bertz CT molecular complexity index is 382. The van der Waals surface area contributed by atoms with Crippen LogP contribution in [0.4, 0.5) is 0 Å². The predicted molar refractivity (Wildman–Crippen MR) is 63.5 cm³/mol. The highest BCUT2D eigenvalue weighted by molar-refractivity contribution is 5.15. The van der Waals surface area contributed by atoms with E-state index in [9.17, 15) is 0 Å². The monoisotopic (exact) mass is 215 g/mol. The van der Waals surface area contributed by atoms with Crippen LogP contribution in [0.15, 0.2) is 30.3 Å². The van der Waals surface area contributed by atoms with Crippen molar-refractivity contribution in [3.63, 3.8) is 0 Å². The molecular weight excluding hydrogens is 198 g/mol. The molecule has 1 aliphatic rings. The van der Waals surface area contributed by atoms with Gasteiger partial charge in [0, 0.05) is 25.2 Å². The number of rotatable bonds is 3. The zero-order chi connectivity index (χ0) is 11.4. The van der Waals surface area contributed by atoms with Crippen LogP contribution in [-0.4, -0.2) is 23.5 Å². The molecule has 1 aliphatic heterocycles. The van der Waals surface area contributed by atoms with Crippen molar-refractivity contribution >= 4 is 0 Å². The molecule has 16 heavy (non-hydrogen) atoms. The van der Waals surface area contributed by atoms with E-state index in [4.69, 9.17) is 11.0 Å². The average molecular weight is 215 g/mol. The standard InChI is InChI=1S/C13H17N3/c14-8-6-13(15)7-9-16(11-13)10-12-4-2-1-3-5-12/h1-5H,6-7,9-11,15H2. The first-order chi connectivity index (χ1) is 7.72. The minimum Gasteiger partial charge on any atom is -0.323 e. The van der Waals surface area contributed by atoms with Crippen LogP contribution < -0.4 is 5.73 Å². The van der Waals surface area contributed by atoms with Crippen molar-refractivity contribution in [1.82, 2.24) is 4.90 Å². The molecule has 0 aliphatic carbocycles. The summed E-state index contributed by atoms with van der Waals surface area (Å²) in [6.07, 6.45) is 1.38. The third kappa shape index (κ3) is 2.60. The van der Waals surface area contributed by atoms with Gasteiger partial charge in [0.05, 0.1) is 12.5 Å². The van der Waals surface area contributed by atoms with Gasteiger partial charge in [-0.15, -0.1) is 0 Å². The fourth-order valence-corrected chi connectivity index (χ4v) is 2.26. The molecule has 0 bridgehead atoms. The third-order valence-corrected chi connectivity index (χ3v) is 3.14. The zero-order valence-electron chi connectivity index (χ0n) is 9.39. The second-order valence-electron chi connectivity index (χ2n) is 4.64. The first-order valence-corrected chi connectivity index (χ1v) is 5.64. The van der Waals surface area contributed by atoms with Gasteiger partial charge in [-0.2, -0.15) is 5.26 Å². The van der Waals surface area contributed by atoms with E-state index in [1.807, 2.05) is 6.07 Å². The molecule has 0 radical (unpaired) electrons. The topological polar surface area (TPSA) is 53.1 Å². The van der Waals surface area contributed by atoms with Crippen LogP contribution in [0.5, 0.6) is 0 Å². The highest BCUT2D eigenvalue weighted by atomic mass is 15.2. The molecule has 2 N–H and O–H groups in total. The highest BCUT2D eigenvalue weighted by Gasteiger charge is 2.33. The summed E-state index contributed by atoms with van der Waals surface area (Å²) in [7, 11) is 0. The lowest BCUT2D eigenvalue weighted by Gasteiger charge is -2.21. The lowest BCUT2D eigenvalue weighted by Crippen LogP contribution is -2.42. The SMILES string of the molecule is N#CCC1(N)CCN(Cc2ccccc2)C1. The third-order valence-electron chi connectivity index (χ3n) is 3.14. The normalized spacial score (nSPS) is 25.5. The maximum Gasteiger partial charge on any atom is 0.0641 e.